The van der Waals surface area contributed by atoms with Crippen LogP contribution in [0.3, 0.4) is 0 Å². The smallest absolute Gasteiger partial charge is 0.245 e. The molecule has 3 unspecified atom stereocenters. The fraction of sp³-hybridized carbons (Fsp3) is 0.474. The molecule has 0 radical (unpaired) electrons. The Hall–Kier alpha value is -2.68. The van der Waals surface area contributed by atoms with Gasteiger partial charge in [0.15, 0.2) is 5.54 Å². The first kappa shape index (κ1) is 20.1. The van der Waals surface area contributed by atoms with Crippen molar-refractivity contribution in [2.75, 3.05) is 13.2 Å². The van der Waals surface area contributed by atoms with Crippen LogP contribution in [0.5, 0.6) is 0 Å². The van der Waals surface area contributed by atoms with Crippen molar-refractivity contribution in [2.45, 2.75) is 37.9 Å². The predicted molar refractivity (Wildman–Crippen MR) is 99.2 cm³/mol. The van der Waals surface area contributed by atoms with E-state index in [1.807, 2.05) is 25.7 Å². The van der Waals surface area contributed by atoms with E-state index in [-0.39, 0.29) is 11.1 Å². The number of hydrogen-bond donors (Lipinski definition) is 3. The van der Waals surface area contributed by atoms with Crippen molar-refractivity contribution in [3.8, 4) is 0 Å². The molecular weight excluding hydrogens is 368 g/mol. The molecule has 0 aromatic heterocycles. The van der Waals surface area contributed by atoms with Crippen molar-refractivity contribution < 1.29 is 18.4 Å². The van der Waals surface area contributed by atoms with Gasteiger partial charge in [-0.2, -0.15) is 0 Å². The molecule has 1 fully saturated rings. The molecular formula is C19H25F2N5O2. The van der Waals surface area contributed by atoms with E-state index in [0.717, 1.165) is 6.07 Å². The minimum atomic E-state index is -1.82. The van der Waals surface area contributed by atoms with Crippen molar-refractivity contribution in [1.29, 1.82) is 0 Å². The number of hydrazine groups is 1. The fourth-order valence-electron chi connectivity index (χ4n) is 3.89. The van der Waals surface area contributed by atoms with Crippen molar-refractivity contribution in [3.63, 3.8) is 0 Å². The number of carbonyl (C=O) groups excluding carboxylic acids is 2. The number of alkyl halides is 1. The number of nitrogens with one attached hydrogen (secondary N) is 1. The fourth-order valence-corrected chi connectivity index (χ4v) is 3.89. The van der Waals surface area contributed by atoms with Crippen LogP contribution >= 0.6 is 0 Å². The Kier molecular flexibility index (Phi) is 4.82. The highest BCUT2D eigenvalue weighted by Crippen LogP contribution is 2.44. The molecule has 1 aromatic rings. The third kappa shape index (κ3) is 2.99. The number of nitrogens with zero attached hydrogens (tertiary/aromatic N) is 2. The van der Waals surface area contributed by atoms with E-state index in [1.165, 1.54) is 23.2 Å². The second kappa shape index (κ2) is 6.73. The van der Waals surface area contributed by atoms with Crippen LogP contribution in [0.1, 0.15) is 26.3 Å². The van der Waals surface area contributed by atoms with Crippen LogP contribution in [0.25, 0.3) is 0 Å². The van der Waals surface area contributed by atoms with Gasteiger partial charge in [0, 0.05) is 18.3 Å². The van der Waals surface area contributed by atoms with Crippen LogP contribution in [0, 0.1) is 11.7 Å². The van der Waals surface area contributed by atoms with Gasteiger partial charge in [-0.25, -0.2) is 14.2 Å². The summed E-state index contributed by atoms with van der Waals surface area (Å²) in [7, 11) is 0. The summed E-state index contributed by atoms with van der Waals surface area (Å²) in [4.78, 5) is 27.0. The van der Waals surface area contributed by atoms with Gasteiger partial charge in [-0.3, -0.25) is 9.59 Å². The Morgan fingerprint density at radius 3 is 2.50 bits per heavy atom. The maximum atomic E-state index is 13.9. The standard InChI is InChI=1S/C19H25F2N5O2/c1-18(2,3)25-9-13(8-20)26-14(10-25)15(16(22)27)19(24-26,17(23)28)11-5-4-6-12(21)7-11/h4-7,10,13,15,24H,8-9H2,1-3H3,(H2,22,27)(H2,23,28). The van der Waals surface area contributed by atoms with Gasteiger partial charge in [0.25, 0.3) is 0 Å². The molecule has 9 heteroatoms. The van der Waals surface area contributed by atoms with Gasteiger partial charge in [-0.1, -0.05) is 12.1 Å². The SMILES string of the molecule is CC(C)(C)N1C=C2C(C(N)=O)C(C(N)=O)(c3cccc(F)c3)NN2C(CF)C1. The largest absolute Gasteiger partial charge is 0.369 e. The summed E-state index contributed by atoms with van der Waals surface area (Å²) < 4.78 is 27.8. The van der Waals surface area contributed by atoms with Crippen LogP contribution in [-0.4, -0.2) is 46.5 Å². The van der Waals surface area contributed by atoms with Crippen molar-refractivity contribution in [2.24, 2.45) is 17.4 Å². The van der Waals surface area contributed by atoms with Gasteiger partial charge in [-0.15, -0.1) is 0 Å². The molecule has 3 atom stereocenters. The van der Waals surface area contributed by atoms with E-state index in [9.17, 15) is 18.4 Å². The summed E-state index contributed by atoms with van der Waals surface area (Å²) in [5, 5.41) is 1.44. The third-order valence-corrected chi connectivity index (χ3v) is 5.36. The van der Waals surface area contributed by atoms with Crippen LogP contribution in [0.2, 0.25) is 0 Å². The van der Waals surface area contributed by atoms with E-state index in [0.29, 0.717) is 12.2 Å². The summed E-state index contributed by atoms with van der Waals surface area (Å²) in [6.07, 6.45) is 1.69. The van der Waals surface area contributed by atoms with Crippen molar-refractivity contribution in [1.82, 2.24) is 15.3 Å². The molecule has 0 saturated carbocycles. The average molecular weight is 393 g/mol. The Morgan fingerprint density at radius 2 is 2.00 bits per heavy atom. The summed E-state index contributed by atoms with van der Waals surface area (Å²) in [6.45, 7) is 5.43. The van der Waals surface area contributed by atoms with E-state index < -0.39 is 41.8 Å². The molecule has 0 bridgehead atoms. The second-order valence-electron chi connectivity index (χ2n) is 8.19. The van der Waals surface area contributed by atoms with Crippen LogP contribution < -0.4 is 16.9 Å². The molecule has 7 nitrogen and oxygen atoms in total. The number of hydrogen-bond acceptors (Lipinski definition) is 5. The van der Waals surface area contributed by atoms with Crippen LogP contribution in [0.4, 0.5) is 8.78 Å². The molecule has 152 valence electrons. The number of rotatable bonds is 4. The number of carbonyl (C=O) groups is 2. The normalized spacial score (nSPS) is 27.4. The highest BCUT2D eigenvalue weighted by Gasteiger charge is 2.60. The highest BCUT2D eigenvalue weighted by atomic mass is 19.1. The van der Waals surface area contributed by atoms with Gasteiger partial charge in [0.1, 0.15) is 18.4 Å². The minimum absolute atomic E-state index is 0.152. The Balaban J connectivity index is 2.24. The molecule has 1 saturated heterocycles. The summed E-state index contributed by atoms with van der Waals surface area (Å²) in [5.74, 6) is -3.55. The summed E-state index contributed by atoms with van der Waals surface area (Å²) >= 11 is 0. The number of fused-ring (bicyclic) bond motifs is 1. The lowest BCUT2D eigenvalue weighted by atomic mass is 9.77. The molecule has 0 aliphatic carbocycles. The zero-order valence-corrected chi connectivity index (χ0v) is 16.1. The maximum absolute atomic E-state index is 13.9. The molecule has 28 heavy (non-hydrogen) atoms. The quantitative estimate of drug-likeness (QED) is 0.699. The molecule has 2 aliphatic rings. The zero-order chi connectivity index (χ0) is 20.9. The Morgan fingerprint density at radius 1 is 1.32 bits per heavy atom. The summed E-state index contributed by atoms with van der Waals surface area (Å²) in [6, 6.07) is 4.55. The monoisotopic (exact) mass is 393 g/mol. The molecule has 1 aromatic carbocycles. The number of amides is 2. The molecule has 3 rings (SSSR count). The second-order valence-corrected chi connectivity index (χ2v) is 8.19. The lowest BCUT2D eigenvalue weighted by Crippen LogP contribution is -2.60. The van der Waals surface area contributed by atoms with Gasteiger partial charge in [0.2, 0.25) is 11.8 Å². The molecule has 2 heterocycles. The van der Waals surface area contributed by atoms with Crippen LogP contribution in [-0.2, 0) is 15.1 Å². The number of primary amides is 2. The molecule has 5 N–H and O–H groups in total. The van der Waals surface area contributed by atoms with Gasteiger partial charge < -0.3 is 21.4 Å². The average Bonchev–Trinajstić information content (AvgIpc) is 2.96. The van der Waals surface area contributed by atoms with Crippen molar-refractivity contribution >= 4 is 11.8 Å². The Labute approximate surface area is 162 Å². The zero-order valence-electron chi connectivity index (χ0n) is 16.1. The lowest BCUT2D eigenvalue weighted by Gasteiger charge is -2.44. The van der Waals surface area contributed by atoms with Gasteiger partial charge in [-0.05, 0) is 38.5 Å². The first-order valence-corrected chi connectivity index (χ1v) is 8.99. The van der Waals surface area contributed by atoms with Gasteiger partial charge in [0.05, 0.1) is 11.7 Å². The Bertz CT molecular complexity index is 838. The number of halogens is 2. The minimum Gasteiger partial charge on any atom is -0.369 e. The predicted octanol–water partition coefficient (Wildman–Crippen LogP) is 0.722. The maximum Gasteiger partial charge on any atom is 0.245 e. The van der Waals surface area contributed by atoms with Crippen LogP contribution in [0.15, 0.2) is 36.2 Å². The molecule has 2 amide bonds. The molecule has 2 aliphatic heterocycles. The van der Waals surface area contributed by atoms with E-state index in [1.54, 1.807) is 6.20 Å². The first-order chi connectivity index (χ1) is 13.0. The van der Waals surface area contributed by atoms with E-state index in [2.05, 4.69) is 5.43 Å². The van der Waals surface area contributed by atoms with E-state index >= 15 is 0 Å². The number of nitrogens with two attached hydrogens (primary N) is 2. The summed E-state index contributed by atoms with van der Waals surface area (Å²) in [5.41, 5.74) is 12.6. The lowest BCUT2D eigenvalue weighted by molar-refractivity contribution is -0.132. The van der Waals surface area contributed by atoms with Gasteiger partial charge >= 0.3 is 0 Å². The number of benzene rings is 1. The highest BCUT2D eigenvalue weighted by molar-refractivity contribution is 5.96. The third-order valence-electron chi connectivity index (χ3n) is 5.36. The topological polar surface area (TPSA) is 105 Å². The van der Waals surface area contributed by atoms with E-state index in [4.69, 9.17) is 11.5 Å². The molecule has 0 spiro atoms. The first-order valence-electron chi connectivity index (χ1n) is 8.99. The van der Waals surface area contributed by atoms with Crippen molar-refractivity contribution in [3.05, 3.63) is 47.5 Å².